The van der Waals surface area contributed by atoms with Crippen molar-refractivity contribution in [3.8, 4) is 5.75 Å². The SMILES string of the molecule is Cc1ccc(OCC2CCC(CNC(C)(C)C)O2)c(Cl)c1. The first kappa shape index (κ1) is 16.6. The van der Waals surface area contributed by atoms with E-state index in [-0.39, 0.29) is 17.7 Å². The molecule has 1 saturated heterocycles. The third kappa shape index (κ3) is 5.50. The zero-order chi connectivity index (χ0) is 15.5. The second-order valence-electron chi connectivity index (χ2n) is 6.83. The summed E-state index contributed by atoms with van der Waals surface area (Å²) in [7, 11) is 0. The van der Waals surface area contributed by atoms with E-state index in [1.165, 1.54) is 0 Å². The average molecular weight is 312 g/mol. The third-order valence-electron chi connectivity index (χ3n) is 3.57. The Morgan fingerprint density at radius 3 is 2.67 bits per heavy atom. The maximum Gasteiger partial charge on any atom is 0.138 e. The van der Waals surface area contributed by atoms with Crippen molar-refractivity contribution in [3.05, 3.63) is 28.8 Å². The maximum atomic E-state index is 6.17. The predicted molar refractivity (Wildman–Crippen MR) is 87.3 cm³/mol. The highest BCUT2D eigenvalue weighted by atomic mass is 35.5. The van der Waals surface area contributed by atoms with Gasteiger partial charge in [-0.2, -0.15) is 0 Å². The van der Waals surface area contributed by atoms with Crippen LogP contribution in [-0.2, 0) is 4.74 Å². The van der Waals surface area contributed by atoms with E-state index in [4.69, 9.17) is 21.1 Å². The van der Waals surface area contributed by atoms with Crippen LogP contribution in [0.2, 0.25) is 5.02 Å². The molecular weight excluding hydrogens is 286 g/mol. The lowest BCUT2D eigenvalue weighted by Gasteiger charge is -2.23. The van der Waals surface area contributed by atoms with Gasteiger partial charge in [-0.25, -0.2) is 0 Å². The van der Waals surface area contributed by atoms with E-state index >= 15 is 0 Å². The molecule has 118 valence electrons. The van der Waals surface area contributed by atoms with E-state index in [2.05, 4.69) is 26.1 Å². The van der Waals surface area contributed by atoms with Gasteiger partial charge in [0, 0.05) is 12.1 Å². The normalized spacial score (nSPS) is 22.5. The molecule has 2 rings (SSSR count). The number of hydrogen-bond donors (Lipinski definition) is 1. The summed E-state index contributed by atoms with van der Waals surface area (Å²) in [6.07, 6.45) is 2.57. The van der Waals surface area contributed by atoms with Gasteiger partial charge in [0.2, 0.25) is 0 Å². The van der Waals surface area contributed by atoms with Crippen molar-refractivity contribution in [2.24, 2.45) is 0 Å². The Balaban J connectivity index is 1.75. The minimum atomic E-state index is 0.132. The molecule has 1 aromatic rings. The molecule has 0 aliphatic carbocycles. The molecule has 2 unspecified atom stereocenters. The molecule has 21 heavy (non-hydrogen) atoms. The molecule has 1 aromatic carbocycles. The molecule has 3 nitrogen and oxygen atoms in total. The standard InChI is InChI=1S/C17H26ClNO2/c1-12-5-8-16(15(18)9-12)20-11-14-7-6-13(21-14)10-19-17(2,3)4/h5,8-9,13-14,19H,6-7,10-11H2,1-4H3. The van der Waals surface area contributed by atoms with Gasteiger partial charge in [-0.15, -0.1) is 0 Å². The third-order valence-corrected chi connectivity index (χ3v) is 3.86. The topological polar surface area (TPSA) is 30.5 Å². The molecule has 0 bridgehead atoms. The second kappa shape index (κ2) is 6.99. The fraction of sp³-hybridized carbons (Fsp3) is 0.647. The van der Waals surface area contributed by atoms with Crippen LogP contribution in [0.15, 0.2) is 18.2 Å². The van der Waals surface area contributed by atoms with E-state index in [9.17, 15) is 0 Å². The summed E-state index contributed by atoms with van der Waals surface area (Å²) in [5.74, 6) is 0.738. The smallest absolute Gasteiger partial charge is 0.138 e. The Morgan fingerprint density at radius 2 is 2.00 bits per heavy atom. The highest BCUT2D eigenvalue weighted by Crippen LogP contribution is 2.27. The van der Waals surface area contributed by atoms with Crippen molar-refractivity contribution in [2.75, 3.05) is 13.2 Å². The van der Waals surface area contributed by atoms with Crippen LogP contribution in [0, 0.1) is 6.92 Å². The number of benzene rings is 1. The van der Waals surface area contributed by atoms with E-state index in [0.29, 0.717) is 11.6 Å². The van der Waals surface area contributed by atoms with Crippen LogP contribution >= 0.6 is 11.6 Å². The lowest BCUT2D eigenvalue weighted by molar-refractivity contribution is 0.0162. The summed E-state index contributed by atoms with van der Waals surface area (Å²) in [6, 6.07) is 5.85. The Labute approximate surface area is 133 Å². The van der Waals surface area contributed by atoms with Crippen LogP contribution < -0.4 is 10.1 Å². The van der Waals surface area contributed by atoms with Crippen molar-refractivity contribution in [2.45, 2.75) is 58.3 Å². The summed E-state index contributed by atoms with van der Waals surface area (Å²) >= 11 is 6.17. The highest BCUT2D eigenvalue weighted by Gasteiger charge is 2.26. The number of rotatable bonds is 5. The molecule has 2 atom stereocenters. The number of nitrogens with one attached hydrogen (secondary N) is 1. The maximum absolute atomic E-state index is 6.17. The van der Waals surface area contributed by atoms with Gasteiger partial charge >= 0.3 is 0 Å². The first-order valence-corrected chi connectivity index (χ1v) is 8.01. The van der Waals surface area contributed by atoms with Crippen molar-refractivity contribution < 1.29 is 9.47 Å². The summed E-state index contributed by atoms with van der Waals surface area (Å²) in [5, 5.41) is 4.15. The lowest BCUT2D eigenvalue weighted by atomic mass is 10.1. The summed E-state index contributed by atoms with van der Waals surface area (Å²) < 4.78 is 11.8. The van der Waals surface area contributed by atoms with E-state index in [1.807, 2.05) is 25.1 Å². The van der Waals surface area contributed by atoms with Crippen LogP contribution in [0.25, 0.3) is 0 Å². The molecule has 1 N–H and O–H groups in total. The van der Waals surface area contributed by atoms with Crippen molar-refractivity contribution >= 4 is 11.6 Å². The van der Waals surface area contributed by atoms with Crippen molar-refractivity contribution in [3.63, 3.8) is 0 Å². The first-order valence-electron chi connectivity index (χ1n) is 7.63. The Kier molecular flexibility index (Phi) is 5.53. The average Bonchev–Trinajstić information content (AvgIpc) is 2.82. The zero-order valence-corrected chi connectivity index (χ0v) is 14.2. The first-order chi connectivity index (χ1) is 9.83. The molecule has 4 heteroatoms. The predicted octanol–water partition coefficient (Wildman–Crippen LogP) is 3.96. The van der Waals surface area contributed by atoms with E-state index in [1.54, 1.807) is 0 Å². The molecular formula is C17H26ClNO2. The summed E-state index contributed by atoms with van der Waals surface area (Å²) in [6.45, 7) is 9.98. The fourth-order valence-corrected chi connectivity index (χ4v) is 2.67. The number of ether oxygens (including phenoxy) is 2. The Bertz CT molecular complexity index is 470. The van der Waals surface area contributed by atoms with Crippen LogP contribution in [0.3, 0.4) is 0 Å². The van der Waals surface area contributed by atoms with Crippen LogP contribution in [0.5, 0.6) is 5.75 Å². The second-order valence-corrected chi connectivity index (χ2v) is 7.24. The molecule has 1 fully saturated rings. The Hall–Kier alpha value is -0.770. The van der Waals surface area contributed by atoms with Gasteiger partial charge in [-0.3, -0.25) is 0 Å². The molecule has 0 amide bonds. The van der Waals surface area contributed by atoms with Gasteiger partial charge < -0.3 is 14.8 Å². The van der Waals surface area contributed by atoms with Gasteiger partial charge in [0.05, 0.1) is 17.2 Å². The van der Waals surface area contributed by atoms with Crippen molar-refractivity contribution in [1.29, 1.82) is 0 Å². The van der Waals surface area contributed by atoms with E-state index < -0.39 is 0 Å². The monoisotopic (exact) mass is 311 g/mol. The van der Waals surface area contributed by atoms with Gasteiger partial charge in [0.25, 0.3) is 0 Å². The molecule has 0 saturated carbocycles. The van der Waals surface area contributed by atoms with Crippen LogP contribution in [-0.4, -0.2) is 30.9 Å². The quantitative estimate of drug-likeness (QED) is 0.892. The number of halogens is 1. The van der Waals surface area contributed by atoms with Crippen molar-refractivity contribution in [1.82, 2.24) is 5.32 Å². The minimum Gasteiger partial charge on any atom is -0.489 e. The lowest BCUT2D eigenvalue weighted by Crippen LogP contribution is -2.41. The zero-order valence-electron chi connectivity index (χ0n) is 13.4. The summed E-state index contributed by atoms with van der Waals surface area (Å²) in [4.78, 5) is 0. The summed E-state index contributed by atoms with van der Waals surface area (Å²) in [5.41, 5.74) is 1.27. The molecule has 1 aliphatic heterocycles. The van der Waals surface area contributed by atoms with Gasteiger partial charge in [-0.05, 0) is 58.2 Å². The molecule has 0 radical (unpaired) electrons. The highest BCUT2D eigenvalue weighted by molar-refractivity contribution is 6.32. The van der Waals surface area contributed by atoms with Crippen LogP contribution in [0.4, 0.5) is 0 Å². The van der Waals surface area contributed by atoms with Crippen LogP contribution in [0.1, 0.15) is 39.2 Å². The fourth-order valence-electron chi connectivity index (χ4n) is 2.38. The molecule has 0 aromatic heterocycles. The largest absolute Gasteiger partial charge is 0.489 e. The number of aryl methyl sites for hydroxylation is 1. The Morgan fingerprint density at radius 1 is 1.29 bits per heavy atom. The van der Waals surface area contributed by atoms with Gasteiger partial charge in [-0.1, -0.05) is 17.7 Å². The molecule has 1 heterocycles. The minimum absolute atomic E-state index is 0.132. The van der Waals surface area contributed by atoms with E-state index in [0.717, 1.165) is 30.7 Å². The van der Waals surface area contributed by atoms with Gasteiger partial charge in [0.15, 0.2) is 0 Å². The molecule has 1 aliphatic rings. The molecule has 0 spiro atoms. The number of hydrogen-bond acceptors (Lipinski definition) is 3. The van der Waals surface area contributed by atoms with Gasteiger partial charge in [0.1, 0.15) is 12.4 Å².